The standard InChI is InChI=1S/C25H23BrN2O4S/c1-3-31-21-13-9-19(10-14-21)23-28-25(33(29,30)22-15-11-20(26)12-16-22)24(32-23)27-17(2)18-7-5-4-6-8-18/h4-17,27H,3H2,1-2H3. The summed E-state index contributed by atoms with van der Waals surface area (Å²) in [5.41, 5.74) is 1.63. The average Bonchev–Trinajstić information content (AvgIpc) is 3.25. The molecule has 33 heavy (non-hydrogen) atoms. The minimum Gasteiger partial charge on any atom is -0.494 e. The quantitative estimate of drug-likeness (QED) is 0.282. The van der Waals surface area contributed by atoms with Crippen molar-refractivity contribution < 1.29 is 17.6 Å². The van der Waals surface area contributed by atoms with E-state index in [1.807, 2.05) is 44.2 Å². The zero-order valence-electron chi connectivity index (χ0n) is 18.2. The lowest BCUT2D eigenvalue weighted by Crippen LogP contribution is -2.10. The van der Waals surface area contributed by atoms with Crippen molar-refractivity contribution in [3.05, 3.63) is 88.9 Å². The van der Waals surface area contributed by atoms with Crippen molar-refractivity contribution in [2.75, 3.05) is 11.9 Å². The van der Waals surface area contributed by atoms with Crippen LogP contribution in [0.2, 0.25) is 0 Å². The van der Waals surface area contributed by atoms with Gasteiger partial charge < -0.3 is 14.5 Å². The highest BCUT2D eigenvalue weighted by Crippen LogP contribution is 2.35. The van der Waals surface area contributed by atoms with E-state index in [4.69, 9.17) is 9.15 Å². The highest BCUT2D eigenvalue weighted by molar-refractivity contribution is 9.10. The van der Waals surface area contributed by atoms with Crippen LogP contribution in [0, 0.1) is 0 Å². The Morgan fingerprint density at radius 1 is 1.00 bits per heavy atom. The molecule has 0 saturated carbocycles. The van der Waals surface area contributed by atoms with Crippen LogP contribution >= 0.6 is 15.9 Å². The van der Waals surface area contributed by atoms with Gasteiger partial charge in [0.1, 0.15) is 5.75 Å². The molecule has 0 saturated heterocycles. The normalized spacial score (nSPS) is 12.3. The van der Waals surface area contributed by atoms with Crippen LogP contribution in [-0.4, -0.2) is 20.0 Å². The van der Waals surface area contributed by atoms with E-state index < -0.39 is 9.84 Å². The lowest BCUT2D eigenvalue weighted by molar-refractivity contribution is 0.340. The summed E-state index contributed by atoms with van der Waals surface area (Å²) in [7, 11) is -3.93. The number of nitrogens with one attached hydrogen (secondary N) is 1. The van der Waals surface area contributed by atoms with Gasteiger partial charge in [-0.3, -0.25) is 0 Å². The van der Waals surface area contributed by atoms with Gasteiger partial charge in [0.25, 0.3) is 0 Å². The monoisotopic (exact) mass is 526 g/mol. The maximum Gasteiger partial charge on any atom is 0.234 e. The van der Waals surface area contributed by atoms with Crippen molar-refractivity contribution in [2.24, 2.45) is 0 Å². The number of oxazole rings is 1. The van der Waals surface area contributed by atoms with E-state index >= 15 is 0 Å². The van der Waals surface area contributed by atoms with E-state index in [2.05, 4.69) is 26.2 Å². The van der Waals surface area contributed by atoms with Crippen molar-refractivity contribution in [3.8, 4) is 17.2 Å². The number of hydrogen-bond donors (Lipinski definition) is 1. The summed E-state index contributed by atoms with van der Waals surface area (Å²) in [6.45, 7) is 4.40. The van der Waals surface area contributed by atoms with Crippen LogP contribution in [0.15, 0.2) is 97.7 Å². The number of halogens is 1. The van der Waals surface area contributed by atoms with Gasteiger partial charge in [-0.2, -0.15) is 4.98 Å². The minimum absolute atomic E-state index is 0.0955. The van der Waals surface area contributed by atoms with Gasteiger partial charge in [0.05, 0.1) is 17.5 Å². The van der Waals surface area contributed by atoms with Crippen molar-refractivity contribution in [1.82, 2.24) is 4.98 Å². The second kappa shape index (κ2) is 9.80. The Morgan fingerprint density at radius 3 is 2.30 bits per heavy atom. The molecule has 4 rings (SSSR count). The van der Waals surface area contributed by atoms with E-state index in [1.54, 1.807) is 36.4 Å². The summed E-state index contributed by atoms with van der Waals surface area (Å²) in [5.74, 6) is 1.02. The number of anilines is 1. The fourth-order valence-corrected chi connectivity index (χ4v) is 4.84. The van der Waals surface area contributed by atoms with Gasteiger partial charge in [-0.05, 0) is 67.9 Å². The molecule has 3 aromatic carbocycles. The van der Waals surface area contributed by atoms with Crippen LogP contribution in [0.5, 0.6) is 5.75 Å². The molecule has 4 aromatic rings. The Kier molecular flexibility index (Phi) is 6.85. The van der Waals surface area contributed by atoms with Crippen molar-refractivity contribution in [2.45, 2.75) is 29.8 Å². The molecule has 1 N–H and O–H groups in total. The number of rotatable bonds is 8. The lowest BCUT2D eigenvalue weighted by Gasteiger charge is -2.14. The highest BCUT2D eigenvalue weighted by Gasteiger charge is 2.29. The Bertz CT molecular complexity index is 1320. The maximum absolute atomic E-state index is 13.5. The Balaban J connectivity index is 1.76. The molecule has 1 aromatic heterocycles. The number of nitrogens with zero attached hydrogens (tertiary/aromatic N) is 1. The molecule has 0 amide bonds. The average molecular weight is 527 g/mol. The van der Waals surface area contributed by atoms with Gasteiger partial charge in [0.15, 0.2) is 0 Å². The molecule has 0 radical (unpaired) electrons. The Labute approximate surface area is 201 Å². The highest BCUT2D eigenvalue weighted by atomic mass is 79.9. The van der Waals surface area contributed by atoms with Gasteiger partial charge in [-0.1, -0.05) is 46.3 Å². The first kappa shape index (κ1) is 23.1. The summed E-state index contributed by atoms with van der Waals surface area (Å²) in [5, 5.41) is 3.04. The fraction of sp³-hybridized carbons (Fsp3) is 0.160. The van der Waals surface area contributed by atoms with Gasteiger partial charge >= 0.3 is 0 Å². The second-order valence-electron chi connectivity index (χ2n) is 7.34. The minimum atomic E-state index is -3.93. The summed E-state index contributed by atoms with van der Waals surface area (Å²) in [6.07, 6.45) is 0. The number of benzene rings is 3. The largest absolute Gasteiger partial charge is 0.494 e. The predicted molar refractivity (Wildman–Crippen MR) is 131 cm³/mol. The zero-order chi connectivity index (χ0) is 23.4. The molecule has 0 aliphatic rings. The Morgan fingerprint density at radius 2 is 1.67 bits per heavy atom. The van der Waals surface area contributed by atoms with Gasteiger partial charge in [0.2, 0.25) is 26.6 Å². The molecule has 170 valence electrons. The molecule has 1 unspecified atom stereocenters. The molecule has 0 aliphatic heterocycles. The summed E-state index contributed by atoms with van der Waals surface area (Å²) in [4.78, 5) is 4.54. The third-order valence-electron chi connectivity index (χ3n) is 5.03. The molecule has 0 fully saturated rings. The van der Waals surface area contributed by atoms with Crippen LogP contribution in [-0.2, 0) is 9.84 Å². The molecule has 1 heterocycles. The van der Waals surface area contributed by atoms with Crippen LogP contribution < -0.4 is 10.1 Å². The SMILES string of the molecule is CCOc1ccc(-c2nc(S(=O)(=O)c3ccc(Br)cc3)c(NC(C)c3ccccc3)o2)cc1. The molecule has 0 aliphatic carbocycles. The van der Waals surface area contributed by atoms with Crippen molar-refractivity contribution in [1.29, 1.82) is 0 Å². The van der Waals surface area contributed by atoms with E-state index in [9.17, 15) is 8.42 Å². The third kappa shape index (κ3) is 5.12. The van der Waals surface area contributed by atoms with Gasteiger partial charge in [-0.15, -0.1) is 0 Å². The second-order valence-corrected chi connectivity index (χ2v) is 10.1. The summed E-state index contributed by atoms with van der Waals surface area (Å²) in [6, 6.07) is 23.1. The van der Waals surface area contributed by atoms with Crippen LogP contribution in [0.25, 0.3) is 11.5 Å². The first-order valence-corrected chi connectivity index (χ1v) is 12.7. The van der Waals surface area contributed by atoms with E-state index in [0.717, 1.165) is 10.0 Å². The van der Waals surface area contributed by atoms with Crippen LogP contribution in [0.4, 0.5) is 5.88 Å². The van der Waals surface area contributed by atoms with E-state index in [1.165, 1.54) is 12.1 Å². The van der Waals surface area contributed by atoms with Crippen molar-refractivity contribution >= 4 is 31.7 Å². The van der Waals surface area contributed by atoms with Crippen LogP contribution in [0.1, 0.15) is 25.5 Å². The van der Waals surface area contributed by atoms with Crippen LogP contribution in [0.3, 0.4) is 0 Å². The summed E-state index contributed by atoms with van der Waals surface area (Å²) < 4.78 is 39.2. The van der Waals surface area contributed by atoms with E-state index in [0.29, 0.717) is 17.9 Å². The molecule has 0 bridgehead atoms. The van der Waals surface area contributed by atoms with E-state index in [-0.39, 0.29) is 27.7 Å². The molecule has 0 spiro atoms. The molecular formula is C25H23BrN2O4S. The smallest absolute Gasteiger partial charge is 0.234 e. The lowest BCUT2D eigenvalue weighted by atomic mass is 10.1. The first-order chi connectivity index (χ1) is 15.9. The number of ether oxygens (including phenoxy) is 1. The Hall–Kier alpha value is -3.10. The third-order valence-corrected chi connectivity index (χ3v) is 7.24. The molecule has 8 heteroatoms. The van der Waals surface area contributed by atoms with Crippen molar-refractivity contribution in [3.63, 3.8) is 0 Å². The zero-order valence-corrected chi connectivity index (χ0v) is 20.6. The first-order valence-electron chi connectivity index (χ1n) is 10.4. The topological polar surface area (TPSA) is 81.4 Å². The van der Waals surface area contributed by atoms with Gasteiger partial charge in [0, 0.05) is 10.0 Å². The molecule has 6 nitrogen and oxygen atoms in total. The van der Waals surface area contributed by atoms with Gasteiger partial charge in [-0.25, -0.2) is 8.42 Å². The molecular weight excluding hydrogens is 504 g/mol. The fourth-order valence-electron chi connectivity index (χ4n) is 3.31. The number of sulfone groups is 1. The molecule has 1 atom stereocenters. The maximum atomic E-state index is 13.5. The number of aromatic nitrogens is 1. The summed E-state index contributed by atoms with van der Waals surface area (Å²) >= 11 is 3.34. The number of hydrogen-bond acceptors (Lipinski definition) is 6. The predicted octanol–water partition coefficient (Wildman–Crippen LogP) is 6.51.